The number of aromatic nitrogens is 2. The lowest BCUT2D eigenvalue weighted by atomic mass is 10.1. The molecule has 1 aromatic heterocycles. The van der Waals surface area contributed by atoms with Crippen LogP contribution in [0.15, 0.2) is 67.0 Å². The minimum absolute atomic E-state index is 0.118. The van der Waals surface area contributed by atoms with Gasteiger partial charge in [0.05, 0.1) is 0 Å². The van der Waals surface area contributed by atoms with Crippen LogP contribution in [0.1, 0.15) is 11.7 Å². The van der Waals surface area contributed by atoms with Crippen molar-refractivity contribution in [3.63, 3.8) is 0 Å². The summed E-state index contributed by atoms with van der Waals surface area (Å²) >= 11 is 5.84. The summed E-state index contributed by atoms with van der Waals surface area (Å²) in [6, 6.07) is 16.0. The maximum Gasteiger partial charge on any atom is 0.321 e. The zero-order chi connectivity index (χ0) is 16.8. The van der Waals surface area contributed by atoms with Gasteiger partial charge in [-0.3, -0.25) is 0 Å². The first kappa shape index (κ1) is 16.2. The highest BCUT2D eigenvalue weighted by Crippen LogP contribution is 2.24. The van der Waals surface area contributed by atoms with E-state index in [1.165, 1.54) is 0 Å². The lowest BCUT2D eigenvalue weighted by molar-refractivity contribution is 0.108. The second-order valence-electron chi connectivity index (χ2n) is 4.99. The molecular weight excluding hydrogens is 328 g/mol. The van der Waals surface area contributed by atoms with E-state index in [4.69, 9.17) is 21.1 Å². The molecule has 0 aliphatic carbocycles. The van der Waals surface area contributed by atoms with Crippen LogP contribution in [0.2, 0.25) is 5.02 Å². The van der Waals surface area contributed by atoms with Gasteiger partial charge in [0, 0.05) is 23.5 Å². The van der Waals surface area contributed by atoms with E-state index in [0.717, 1.165) is 5.56 Å². The van der Waals surface area contributed by atoms with Crippen LogP contribution in [0.25, 0.3) is 0 Å². The van der Waals surface area contributed by atoms with Crippen LogP contribution in [-0.2, 0) is 0 Å². The van der Waals surface area contributed by atoms with E-state index < -0.39 is 6.10 Å². The van der Waals surface area contributed by atoms with Crippen molar-refractivity contribution in [3.05, 3.63) is 77.6 Å². The molecule has 0 fully saturated rings. The van der Waals surface area contributed by atoms with E-state index in [1.807, 2.05) is 0 Å². The predicted molar refractivity (Wildman–Crippen MR) is 90.5 cm³/mol. The highest BCUT2D eigenvalue weighted by atomic mass is 35.5. The fraction of sp³-hybridized carbons (Fsp3) is 0.111. The largest absolute Gasteiger partial charge is 0.490 e. The van der Waals surface area contributed by atoms with Crippen LogP contribution in [0.3, 0.4) is 0 Å². The summed E-state index contributed by atoms with van der Waals surface area (Å²) < 4.78 is 11.2. The predicted octanol–water partition coefficient (Wildman–Crippen LogP) is 4.03. The fourth-order valence-electron chi connectivity index (χ4n) is 2.03. The van der Waals surface area contributed by atoms with Gasteiger partial charge in [-0.15, -0.1) is 0 Å². The van der Waals surface area contributed by atoms with Gasteiger partial charge in [0.25, 0.3) is 0 Å². The van der Waals surface area contributed by atoms with E-state index in [-0.39, 0.29) is 12.6 Å². The summed E-state index contributed by atoms with van der Waals surface area (Å²) in [6.45, 7) is 0.118. The minimum Gasteiger partial charge on any atom is -0.490 e. The van der Waals surface area contributed by atoms with Crippen molar-refractivity contribution in [1.29, 1.82) is 0 Å². The van der Waals surface area contributed by atoms with Crippen LogP contribution in [0.4, 0.5) is 0 Å². The molecule has 0 aliphatic rings. The molecule has 3 rings (SSSR count). The number of rotatable bonds is 6. The maximum absolute atomic E-state index is 10.2. The normalized spacial score (nSPS) is 11.8. The average Bonchev–Trinajstić information content (AvgIpc) is 2.61. The molecule has 1 atom stereocenters. The number of hydrogen-bond acceptors (Lipinski definition) is 5. The summed E-state index contributed by atoms with van der Waals surface area (Å²) in [5.41, 5.74) is 0.740. The third-order valence-electron chi connectivity index (χ3n) is 3.22. The Kier molecular flexibility index (Phi) is 5.25. The van der Waals surface area contributed by atoms with Crippen LogP contribution >= 0.6 is 11.6 Å². The maximum atomic E-state index is 10.2. The third-order valence-corrected chi connectivity index (χ3v) is 3.47. The van der Waals surface area contributed by atoms with Crippen LogP contribution in [-0.4, -0.2) is 21.7 Å². The van der Waals surface area contributed by atoms with Gasteiger partial charge in [0.15, 0.2) is 0 Å². The van der Waals surface area contributed by atoms with E-state index in [9.17, 15) is 5.11 Å². The molecule has 0 bridgehead atoms. The molecule has 0 radical (unpaired) electrons. The molecule has 0 amide bonds. The van der Waals surface area contributed by atoms with Gasteiger partial charge in [0.2, 0.25) is 0 Å². The lowest BCUT2D eigenvalue weighted by Gasteiger charge is -2.13. The lowest BCUT2D eigenvalue weighted by Crippen LogP contribution is -2.09. The Labute approximate surface area is 144 Å². The Morgan fingerprint density at radius 1 is 0.958 bits per heavy atom. The number of halogens is 1. The Morgan fingerprint density at radius 2 is 1.67 bits per heavy atom. The number of aliphatic hydroxyl groups is 1. The fourth-order valence-corrected chi connectivity index (χ4v) is 2.15. The summed E-state index contributed by atoms with van der Waals surface area (Å²) in [4.78, 5) is 8.00. The topological polar surface area (TPSA) is 64.5 Å². The second-order valence-corrected chi connectivity index (χ2v) is 5.42. The highest BCUT2D eigenvalue weighted by molar-refractivity contribution is 6.30. The molecule has 5 nitrogen and oxygen atoms in total. The van der Waals surface area contributed by atoms with Crippen molar-refractivity contribution in [2.24, 2.45) is 0 Å². The highest BCUT2D eigenvalue weighted by Gasteiger charge is 2.09. The van der Waals surface area contributed by atoms with E-state index in [1.54, 1.807) is 67.0 Å². The first-order chi connectivity index (χ1) is 11.7. The van der Waals surface area contributed by atoms with Gasteiger partial charge in [-0.1, -0.05) is 29.8 Å². The van der Waals surface area contributed by atoms with Crippen molar-refractivity contribution in [2.45, 2.75) is 6.10 Å². The van der Waals surface area contributed by atoms with Crippen molar-refractivity contribution in [2.75, 3.05) is 6.61 Å². The van der Waals surface area contributed by atoms with E-state index in [2.05, 4.69) is 9.97 Å². The van der Waals surface area contributed by atoms with E-state index >= 15 is 0 Å². The molecule has 2 aromatic carbocycles. The molecule has 3 aromatic rings. The zero-order valence-electron chi connectivity index (χ0n) is 12.7. The Hall–Kier alpha value is -2.63. The van der Waals surface area contributed by atoms with Gasteiger partial charge < -0.3 is 14.6 Å². The summed E-state index contributed by atoms with van der Waals surface area (Å²) in [6.07, 6.45) is 2.46. The SMILES string of the molecule is OC(COc1cccc(Oc2ncccn2)c1)c1ccc(Cl)cc1. The molecule has 0 saturated carbocycles. The monoisotopic (exact) mass is 342 g/mol. The summed E-state index contributed by atoms with van der Waals surface area (Å²) in [5, 5.41) is 10.8. The van der Waals surface area contributed by atoms with Crippen molar-refractivity contribution in [3.8, 4) is 17.5 Å². The zero-order valence-corrected chi connectivity index (χ0v) is 13.4. The number of aliphatic hydroxyl groups excluding tert-OH is 1. The molecular formula is C18H15ClN2O3. The van der Waals surface area contributed by atoms with E-state index in [0.29, 0.717) is 16.5 Å². The summed E-state index contributed by atoms with van der Waals surface area (Å²) in [7, 11) is 0. The van der Waals surface area contributed by atoms with Crippen LogP contribution < -0.4 is 9.47 Å². The minimum atomic E-state index is -0.746. The smallest absolute Gasteiger partial charge is 0.321 e. The van der Waals surface area contributed by atoms with Gasteiger partial charge >= 0.3 is 6.01 Å². The second kappa shape index (κ2) is 7.77. The first-order valence-corrected chi connectivity index (χ1v) is 7.70. The Balaban J connectivity index is 1.61. The van der Waals surface area contributed by atoms with Gasteiger partial charge in [-0.2, -0.15) is 0 Å². The Morgan fingerprint density at radius 3 is 2.42 bits per heavy atom. The molecule has 0 saturated heterocycles. The molecule has 0 spiro atoms. The Bertz CT molecular complexity index is 782. The molecule has 24 heavy (non-hydrogen) atoms. The number of hydrogen-bond donors (Lipinski definition) is 1. The molecule has 1 N–H and O–H groups in total. The quantitative estimate of drug-likeness (QED) is 0.732. The van der Waals surface area contributed by atoms with Crippen molar-refractivity contribution < 1.29 is 14.6 Å². The molecule has 1 heterocycles. The van der Waals surface area contributed by atoms with Crippen molar-refractivity contribution in [1.82, 2.24) is 9.97 Å². The molecule has 1 unspecified atom stereocenters. The number of nitrogens with zero attached hydrogens (tertiary/aromatic N) is 2. The molecule has 6 heteroatoms. The van der Waals surface area contributed by atoms with Crippen LogP contribution in [0.5, 0.6) is 17.5 Å². The molecule has 122 valence electrons. The van der Waals surface area contributed by atoms with Crippen molar-refractivity contribution >= 4 is 11.6 Å². The average molecular weight is 343 g/mol. The third kappa shape index (κ3) is 4.44. The number of benzene rings is 2. The standard InChI is InChI=1S/C18H15ClN2O3/c19-14-7-5-13(6-8-14)17(22)12-23-15-3-1-4-16(11-15)24-18-20-9-2-10-21-18/h1-11,17,22H,12H2. The van der Waals surface area contributed by atoms with Gasteiger partial charge in [0.1, 0.15) is 24.2 Å². The number of ether oxygens (including phenoxy) is 2. The van der Waals surface area contributed by atoms with Crippen LogP contribution in [0, 0.1) is 0 Å². The molecule has 0 aliphatic heterocycles. The first-order valence-electron chi connectivity index (χ1n) is 7.32. The van der Waals surface area contributed by atoms with Gasteiger partial charge in [-0.25, -0.2) is 9.97 Å². The summed E-state index contributed by atoms with van der Waals surface area (Å²) in [5.74, 6) is 1.14. The van der Waals surface area contributed by atoms with Gasteiger partial charge in [-0.05, 0) is 35.9 Å².